The fourth-order valence-electron chi connectivity index (χ4n) is 2.81. The fraction of sp³-hybridized carbons (Fsp3) is 0.562. The minimum absolute atomic E-state index is 0. The molecule has 0 bridgehead atoms. The van der Waals surface area contributed by atoms with Crippen molar-refractivity contribution in [1.29, 1.82) is 0 Å². The number of carbonyl (C=O) groups excluding carboxylic acids is 1. The number of morpholine rings is 1. The average molecular weight is 359 g/mol. The van der Waals surface area contributed by atoms with Gasteiger partial charge in [-0.1, -0.05) is 12.1 Å². The Kier molecular flexibility index (Phi) is 7.02. The monoisotopic (exact) mass is 358 g/mol. The molecular formula is C16H23ClN2O3S. The van der Waals surface area contributed by atoms with Crippen LogP contribution >= 0.6 is 24.2 Å². The Bertz CT molecular complexity index is 509. The molecule has 1 amide bonds. The van der Waals surface area contributed by atoms with Gasteiger partial charge in [0.2, 0.25) is 5.91 Å². The maximum Gasteiger partial charge on any atom is 0.233 e. The number of rotatable bonds is 5. The molecule has 7 heteroatoms. The molecule has 2 fully saturated rings. The summed E-state index contributed by atoms with van der Waals surface area (Å²) in [4.78, 5) is 16.6. The molecule has 2 aliphatic rings. The highest BCUT2D eigenvalue weighted by molar-refractivity contribution is 8.00. The molecule has 0 radical (unpaired) electrons. The van der Waals surface area contributed by atoms with Crippen molar-refractivity contribution in [3.8, 4) is 5.75 Å². The molecule has 1 aromatic carbocycles. The average Bonchev–Trinajstić information content (AvgIpc) is 2.95. The lowest BCUT2D eigenvalue weighted by atomic mass is 10.2. The Hall–Kier alpha value is -0.950. The van der Waals surface area contributed by atoms with Gasteiger partial charge in [0, 0.05) is 26.2 Å². The van der Waals surface area contributed by atoms with Crippen LogP contribution in [-0.2, 0) is 9.53 Å². The second-order valence-corrected chi connectivity index (χ2v) is 6.55. The van der Waals surface area contributed by atoms with Gasteiger partial charge in [0.05, 0.1) is 26.1 Å². The Morgan fingerprint density at radius 2 is 1.91 bits per heavy atom. The van der Waals surface area contributed by atoms with E-state index < -0.39 is 0 Å². The number of thioether (sulfide) groups is 1. The van der Waals surface area contributed by atoms with Crippen molar-refractivity contribution in [3.05, 3.63) is 29.8 Å². The molecule has 1 aromatic rings. The molecule has 2 aliphatic heterocycles. The molecular weight excluding hydrogens is 336 g/mol. The number of methoxy groups -OCH3 is 1. The maximum absolute atomic E-state index is 12.2. The van der Waals surface area contributed by atoms with Gasteiger partial charge in [-0.3, -0.25) is 9.69 Å². The van der Waals surface area contributed by atoms with Crippen LogP contribution in [0.4, 0.5) is 0 Å². The van der Waals surface area contributed by atoms with Crippen molar-refractivity contribution in [2.45, 2.75) is 5.37 Å². The summed E-state index contributed by atoms with van der Waals surface area (Å²) in [6.45, 7) is 5.21. The van der Waals surface area contributed by atoms with Crippen molar-refractivity contribution in [2.75, 3.05) is 52.3 Å². The van der Waals surface area contributed by atoms with Crippen LogP contribution in [0, 0.1) is 0 Å². The third kappa shape index (κ3) is 4.53. The number of benzene rings is 1. The highest BCUT2D eigenvalue weighted by Crippen LogP contribution is 2.38. The van der Waals surface area contributed by atoms with Crippen molar-refractivity contribution >= 4 is 30.1 Å². The van der Waals surface area contributed by atoms with E-state index in [0.717, 1.165) is 45.1 Å². The number of ether oxygens (including phenoxy) is 2. The molecule has 0 spiro atoms. The lowest BCUT2D eigenvalue weighted by Crippen LogP contribution is -2.42. The zero-order valence-corrected chi connectivity index (χ0v) is 14.9. The van der Waals surface area contributed by atoms with E-state index in [1.54, 1.807) is 18.9 Å². The largest absolute Gasteiger partial charge is 0.497 e. The van der Waals surface area contributed by atoms with Crippen LogP contribution in [0.1, 0.15) is 10.9 Å². The van der Waals surface area contributed by atoms with E-state index in [1.165, 1.54) is 5.56 Å². The van der Waals surface area contributed by atoms with Crippen molar-refractivity contribution in [1.82, 2.24) is 9.80 Å². The van der Waals surface area contributed by atoms with Gasteiger partial charge in [0.15, 0.2) is 0 Å². The Balaban J connectivity index is 0.00000192. The molecule has 5 nitrogen and oxygen atoms in total. The van der Waals surface area contributed by atoms with Crippen LogP contribution in [-0.4, -0.2) is 68.0 Å². The van der Waals surface area contributed by atoms with Gasteiger partial charge in [0.25, 0.3) is 0 Å². The number of hydrogen-bond donors (Lipinski definition) is 0. The zero-order chi connectivity index (χ0) is 15.4. The van der Waals surface area contributed by atoms with Gasteiger partial charge in [0.1, 0.15) is 11.1 Å². The molecule has 128 valence electrons. The van der Waals surface area contributed by atoms with E-state index in [0.29, 0.717) is 5.75 Å². The van der Waals surface area contributed by atoms with Crippen molar-refractivity contribution < 1.29 is 14.3 Å². The van der Waals surface area contributed by atoms with Crippen molar-refractivity contribution in [2.24, 2.45) is 0 Å². The summed E-state index contributed by atoms with van der Waals surface area (Å²) < 4.78 is 10.6. The summed E-state index contributed by atoms with van der Waals surface area (Å²) in [6.07, 6.45) is 0. The van der Waals surface area contributed by atoms with Crippen LogP contribution in [0.3, 0.4) is 0 Å². The first-order valence-corrected chi connectivity index (χ1v) is 8.68. The number of amides is 1. The van der Waals surface area contributed by atoms with E-state index in [1.807, 2.05) is 17.0 Å². The van der Waals surface area contributed by atoms with Gasteiger partial charge in [-0.15, -0.1) is 24.2 Å². The van der Waals surface area contributed by atoms with E-state index in [9.17, 15) is 4.79 Å². The molecule has 0 saturated carbocycles. The molecule has 0 aliphatic carbocycles. The Morgan fingerprint density at radius 3 is 2.57 bits per heavy atom. The van der Waals surface area contributed by atoms with Crippen LogP contribution in [0.15, 0.2) is 24.3 Å². The number of carbonyl (C=O) groups is 1. The molecule has 0 N–H and O–H groups in total. The van der Waals surface area contributed by atoms with E-state index >= 15 is 0 Å². The third-order valence-electron chi connectivity index (χ3n) is 4.13. The summed E-state index contributed by atoms with van der Waals surface area (Å²) >= 11 is 1.70. The maximum atomic E-state index is 12.2. The van der Waals surface area contributed by atoms with Gasteiger partial charge in [-0.2, -0.15) is 0 Å². The number of halogens is 1. The molecule has 1 unspecified atom stereocenters. The number of hydrogen-bond acceptors (Lipinski definition) is 5. The normalized spacial score (nSPS) is 22.0. The third-order valence-corrected chi connectivity index (χ3v) is 5.39. The summed E-state index contributed by atoms with van der Waals surface area (Å²) in [5.74, 6) is 1.65. The predicted octanol–water partition coefficient (Wildman–Crippen LogP) is 2.02. The topological polar surface area (TPSA) is 42.0 Å². The summed E-state index contributed by atoms with van der Waals surface area (Å²) in [5.41, 5.74) is 1.17. The first-order valence-electron chi connectivity index (χ1n) is 7.63. The summed E-state index contributed by atoms with van der Waals surface area (Å²) in [7, 11) is 1.66. The van der Waals surface area contributed by atoms with E-state index in [2.05, 4.69) is 17.0 Å². The minimum Gasteiger partial charge on any atom is -0.497 e. The standard InChI is InChI=1S/C16H22N2O3S.ClH/c1-20-14-4-2-13(3-5-14)16-18(15(19)12-22-16)7-6-17-8-10-21-11-9-17;/h2-5,16H,6-12H2,1H3;1H. The lowest BCUT2D eigenvalue weighted by molar-refractivity contribution is -0.128. The van der Waals surface area contributed by atoms with Crippen LogP contribution < -0.4 is 4.74 Å². The lowest BCUT2D eigenvalue weighted by Gasteiger charge is -2.30. The molecule has 2 saturated heterocycles. The van der Waals surface area contributed by atoms with Gasteiger partial charge in [-0.05, 0) is 17.7 Å². The molecule has 23 heavy (non-hydrogen) atoms. The zero-order valence-electron chi connectivity index (χ0n) is 13.3. The quantitative estimate of drug-likeness (QED) is 0.805. The summed E-state index contributed by atoms with van der Waals surface area (Å²) in [5, 5.41) is 0.124. The van der Waals surface area contributed by atoms with Crippen LogP contribution in [0.2, 0.25) is 0 Å². The summed E-state index contributed by atoms with van der Waals surface area (Å²) in [6, 6.07) is 8.02. The molecule has 2 heterocycles. The Morgan fingerprint density at radius 1 is 1.22 bits per heavy atom. The second kappa shape index (κ2) is 8.78. The second-order valence-electron chi connectivity index (χ2n) is 5.48. The van der Waals surface area contributed by atoms with E-state index in [4.69, 9.17) is 9.47 Å². The molecule has 3 rings (SSSR count). The predicted molar refractivity (Wildman–Crippen MR) is 94.4 cm³/mol. The highest BCUT2D eigenvalue weighted by Gasteiger charge is 2.32. The highest BCUT2D eigenvalue weighted by atomic mass is 35.5. The SMILES string of the molecule is COc1ccc(C2SCC(=O)N2CCN2CCOCC2)cc1.Cl. The fourth-order valence-corrected chi connectivity index (χ4v) is 4.03. The van der Waals surface area contributed by atoms with Gasteiger partial charge < -0.3 is 14.4 Å². The van der Waals surface area contributed by atoms with Gasteiger partial charge in [-0.25, -0.2) is 0 Å². The van der Waals surface area contributed by atoms with E-state index in [-0.39, 0.29) is 23.7 Å². The smallest absolute Gasteiger partial charge is 0.233 e. The molecule has 0 aromatic heterocycles. The van der Waals surface area contributed by atoms with Gasteiger partial charge >= 0.3 is 0 Å². The molecule has 1 atom stereocenters. The van der Waals surface area contributed by atoms with Crippen LogP contribution in [0.25, 0.3) is 0 Å². The first kappa shape index (κ1) is 18.4. The van der Waals surface area contributed by atoms with Crippen LogP contribution in [0.5, 0.6) is 5.75 Å². The van der Waals surface area contributed by atoms with Crippen molar-refractivity contribution in [3.63, 3.8) is 0 Å². The minimum atomic E-state index is 0. The Labute approximate surface area is 147 Å². The first-order chi connectivity index (χ1) is 10.8. The number of nitrogens with zero attached hydrogens (tertiary/aromatic N) is 2.